The van der Waals surface area contributed by atoms with Crippen molar-refractivity contribution in [2.45, 2.75) is 19.6 Å². The van der Waals surface area contributed by atoms with Gasteiger partial charge in [-0.15, -0.1) is 0 Å². The van der Waals surface area contributed by atoms with Crippen LogP contribution in [0.3, 0.4) is 0 Å². The summed E-state index contributed by atoms with van der Waals surface area (Å²) in [4.78, 5) is 20.2. The molecule has 1 saturated heterocycles. The standard InChI is InChI=1S/C13H14ClF3N6OS/c1-8-19-12(25-20-8)22-4-2-21(3-5-22)9-6-18-23(7-13(15,16)17)11(24)10(9)14/h6H,2-5,7H2,1H3. The lowest BCUT2D eigenvalue weighted by atomic mass is 10.3. The molecule has 0 bridgehead atoms. The average molecular weight is 395 g/mol. The average Bonchev–Trinajstić information content (AvgIpc) is 2.98. The molecule has 2 aromatic rings. The molecule has 3 heterocycles. The molecule has 1 aliphatic rings. The number of rotatable bonds is 3. The Labute approximate surface area is 149 Å². The normalized spacial score (nSPS) is 15.7. The summed E-state index contributed by atoms with van der Waals surface area (Å²) in [7, 11) is 0. The fourth-order valence-electron chi connectivity index (χ4n) is 2.51. The van der Waals surface area contributed by atoms with E-state index in [1.54, 1.807) is 0 Å². The Bertz CT molecular complexity index is 815. The van der Waals surface area contributed by atoms with E-state index in [4.69, 9.17) is 11.6 Å². The molecule has 1 aliphatic heterocycles. The van der Waals surface area contributed by atoms with Gasteiger partial charge in [-0.05, 0) is 6.92 Å². The van der Waals surface area contributed by atoms with Crippen molar-refractivity contribution in [3.05, 3.63) is 27.4 Å². The molecule has 7 nitrogen and oxygen atoms in total. The lowest BCUT2D eigenvalue weighted by Gasteiger charge is -2.35. The Hall–Kier alpha value is -1.88. The Morgan fingerprint density at radius 1 is 1.24 bits per heavy atom. The summed E-state index contributed by atoms with van der Waals surface area (Å²) in [6.45, 7) is 2.71. The van der Waals surface area contributed by atoms with Crippen molar-refractivity contribution in [1.29, 1.82) is 0 Å². The molecule has 0 amide bonds. The zero-order valence-corrected chi connectivity index (χ0v) is 14.7. The van der Waals surface area contributed by atoms with Crippen LogP contribution in [-0.2, 0) is 6.54 Å². The number of halogens is 4. The smallest absolute Gasteiger partial charge is 0.365 e. The van der Waals surface area contributed by atoms with Crippen molar-refractivity contribution in [2.75, 3.05) is 36.0 Å². The van der Waals surface area contributed by atoms with E-state index in [9.17, 15) is 18.0 Å². The van der Waals surface area contributed by atoms with Gasteiger partial charge >= 0.3 is 6.18 Å². The summed E-state index contributed by atoms with van der Waals surface area (Å²) in [5.41, 5.74) is -0.600. The third kappa shape index (κ3) is 4.03. The quantitative estimate of drug-likeness (QED) is 0.792. The van der Waals surface area contributed by atoms with E-state index in [1.165, 1.54) is 17.7 Å². The Morgan fingerprint density at radius 3 is 2.44 bits per heavy atom. The molecule has 0 saturated carbocycles. The van der Waals surface area contributed by atoms with E-state index in [1.807, 2.05) is 11.8 Å². The molecule has 0 aromatic carbocycles. The second kappa shape index (κ2) is 6.79. The highest BCUT2D eigenvalue weighted by Gasteiger charge is 2.30. The van der Waals surface area contributed by atoms with Gasteiger partial charge in [-0.1, -0.05) is 11.6 Å². The van der Waals surface area contributed by atoms with Gasteiger partial charge < -0.3 is 9.80 Å². The predicted molar refractivity (Wildman–Crippen MR) is 88.6 cm³/mol. The van der Waals surface area contributed by atoms with Crippen molar-refractivity contribution in [3.8, 4) is 0 Å². The lowest BCUT2D eigenvalue weighted by Crippen LogP contribution is -2.47. The molecule has 2 aromatic heterocycles. The van der Waals surface area contributed by atoms with Gasteiger partial charge in [0.25, 0.3) is 5.56 Å². The number of nitrogens with zero attached hydrogens (tertiary/aromatic N) is 6. The predicted octanol–water partition coefficient (Wildman–Crippen LogP) is 1.95. The summed E-state index contributed by atoms with van der Waals surface area (Å²) in [6.07, 6.45) is -3.33. The number of aromatic nitrogens is 4. The highest BCUT2D eigenvalue weighted by atomic mass is 35.5. The van der Waals surface area contributed by atoms with Crippen molar-refractivity contribution < 1.29 is 13.2 Å². The maximum Gasteiger partial charge on any atom is 0.408 e. The van der Waals surface area contributed by atoms with Crippen LogP contribution in [-0.4, -0.2) is 51.5 Å². The van der Waals surface area contributed by atoms with Gasteiger partial charge in [-0.2, -0.15) is 22.6 Å². The van der Waals surface area contributed by atoms with Crippen LogP contribution in [0.15, 0.2) is 11.0 Å². The van der Waals surface area contributed by atoms with Gasteiger partial charge in [0.2, 0.25) is 5.13 Å². The van der Waals surface area contributed by atoms with Gasteiger partial charge in [0.15, 0.2) is 0 Å². The molecule has 0 N–H and O–H groups in total. The number of anilines is 2. The van der Waals surface area contributed by atoms with E-state index < -0.39 is 18.3 Å². The van der Waals surface area contributed by atoms with Gasteiger partial charge in [0.1, 0.15) is 17.4 Å². The summed E-state index contributed by atoms with van der Waals surface area (Å²) in [5.74, 6) is 0.711. The lowest BCUT2D eigenvalue weighted by molar-refractivity contribution is -0.143. The molecule has 0 unspecified atom stereocenters. The number of hydrogen-bond acceptors (Lipinski definition) is 7. The number of aryl methyl sites for hydroxylation is 1. The first-order valence-electron chi connectivity index (χ1n) is 7.37. The SMILES string of the molecule is Cc1nsc(N2CCN(c3cnn(CC(F)(F)F)c(=O)c3Cl)CC2)n1. The highest BCUT2D eigenvalue weighted by molar-refractivity contribution is 7.09. The molecule has 3 rings (SSSR count). The minimum atomic E-state index is -4.53. The molecule has 1 fully saturated rings. The second-order valence-corrected chi connectivity index (χ2v) is 6.63. The zero-order valence-electron chi connectivity index (χ0n) is 13.1. The van der Waals surface area contributed by atoms with Crippen molar-refractivity contribution >= 4 is 34.0 Å². The largest absolute Gasteiger partial charge is 0.408 e. The third-order valence-electron chi connectivity index (χ3n) is 3.70. The molecule has 25 heavy (non-hydrogen) atoms. The van der Waals surface area contributed by atoms with Crippen LogP contribution < -0.4 is 15.4 Å². The minimum absolute atomic E-state index is 0.251. The molecule has 12 heteroatoms. The first-order chi connectivity index (χ1) is 11.7. The minimum Gasteiger partial charge on any atom is -0.365 e. The van der Waals surface area contributed by atoms with Crippen molar-refractivity contribution in [3.63, 3.8) is 0 Å². The highest BCUT2D eigenvalue weighted by Crippen LogP contribution is 2.25. The molecule has 0 atom stereocenters. The van der Waals surface area contributed by atoms with Crippen LogP contribution in [0.4, 0.5) is 24.0 Å². The number of piperazine rings is 1. The van der Waals surface area contributed by atoms with E-state index in [0.717, 1.165) is 5.13 Å². The van der Waals surface area contributed by atoms with Crippen LogP contribution >= 0.6 is 23.1 Å². The summed E-state index contributed by atoms with van der Waals surface area (Å²) < 4.78 is 41.8. The Morgan fingerprint density at radius 2 is 1.88 bits per heavy atom. The molecule has 136 valence electrons. The number of alkyl halides is 3. The first kappa shape index (κ1) is 17.9. The van der Waals surface area contributed by atoms with E-state index >= 15 is 0 Å². The van der Waals surface area contributed by atoms with E-state index in [-0.39, 0.29) is 5.02 Å². The molecule has 0 radical (unpaired) electrons. The summed E-state index contributed by atoms with van der Waals surface area (Å²) in [6, 6.07) is 0. The van der Waals surface area contributed by atoms with Crippen LogP contribution in [0.2, 0.25) is 5.02 Å². The summed E-state index contributed by atoms with van der Waals surface area (Å²) >= 11 is 7.31. The zero-order chi connectivity index (χ0) is 18.2. The summed E-state index contributed by atoms with van der Waals surface area (Å²) in [5, 5.41) is 4.18. The number of hydrogen-bond donors (Lipinski definition) is 0. The molecular weight excluding hydrogens is 381 g/mol. The van der Waals surface area contributed by atoms with Crippen molar-refractivity contribution in [2.24, 2.45) is 0 Å². The molecule has 0 aliphatic carbocycles. The fourth-order valence-corrected chi connectivity index (χ4v) is 3.50. The van der Waals surface area contributed by atoms with Gasteiger partial charge in [0, 0.05) is 37.7 Å². The third-order valence-corrected chi connectivity index (χ3v) is 4.93. The maximum absolute atomic E-state index is 12.4. The molecular formula is C13H14ClF3N6OS. The second-order valence-electron chi connectivity index (χ2n) is 5.52. The van der Waals surface area contributed by atoms with Crippen LogP contribution in [0.1, 0.15) is 5.82 Å². The topological polar surface area (TPSA) is 67.2 Å². The Balaban J connectivity index is 1.73. The van der Waals surface area contributed by atoms with Crippen molar-refractivity contribution in [1.82, 2.24) is 19.1 Å². The first-order valence-corrected chi connectivity index (χ1v) is 8.52. The van der Waals surface area contributed by atoms with E-state index in [0.29, 0.717) is 42.4 Å². The molecule has 0 spiro atoms. The van der Waals surface area contributed by atoms with Crippen LogP contribution in [0.25, 0.3) is 0 Å². The van der Waals surface area contributed by atoms with E-state index in [2.05, 4.69) is 19.4 Å². The monoisotopic (exact) mass is 394 g/mol. The van der Waals surface area contributed by atoms with Gasteiger partial charge in [-0.3, -0.25) is 4.79 Å². The van der Waals surface area contributed by atoms with Crippen LogP contribution in [0, 0.1) is 6.92 Å². The van der Waals surface area contributed by atoms with Crippen LogP contribution in [0.5, 0.6) is 0 Å². The maximum atomic E-state index is 12.4. The van der Waals surface area contributed by atoms with Gasteiger partial charge in [-0.25, -0.2) is 9.67 Å². The Kier molecular flexibility index (Phi) is 4.87. The van der Waals surface area contributed by atoms with Gasteiger partial charge in [0.05, 0.1) is 11.9 Å². The fraction of sp³-hybridized carbons (Fsp3) is 0.538.